The Morgan fingerprint density at radius 3 is 2.86 bits per heavy atom. The van der Waals surface area contributed by atoms with Crippen LogP contribution < -0.4 is 5.32 Å². The van der Waals surface area contributed by atoms with E-state index in [1.807, 2.05) is 29.1 Å². The fraction of sp³-hybridized carbons (Fsp3) is 0.429. The molecule has 21 heavy (non-hydrogen) atoms. The predicted octanol–water partition coefficient (Wildman–Crippen LogP) is 0.340. The van der Waals surface area contributed by atoms with Crippen molar-refractivity contribution in [2.75, 3.05) is 26.4 Å². The maximum Gasteiger partial charge on any atom is 0.256 e. The summed E-state index contributed by atoms with van der Waals surface area (Å²) in [5.74, 6) is 0.572. The molecule has 0 saturated heterocycles. The summed E-state index contributed by atoms with van der Waals surface area (Å²) >= 11 is 0. The molecule has 0 bridgehead atoms. The fourth-order valence-corrected chi connectivity index (χ4v) is 2.01. The van der Waals surface area contributed by atoms with Crippen LogP contribution >= 0.6 is 0 Å². The number of nitrogens with zero attached hydrogens (tertiary/aromatic N) is 3. The topological polar surface area (TPSA) is 81.3 Å². The normalized spacial score (nSPS) is 10.8. The van der Waals surface area contributed by atoms with Gasteiger partial charge in [-0.25, -0.2) is 0 Å². The van der Waals surface area contributed by atoms with E-state index in [9.17, 15) is 4.79 Å². The number of aliphatic hydroxyl groups is 1. The zero-order chi connectivity index (χ0) is 15.1. The van der Waals surface area contributed by atoms with Crippen LogP contribution in [0.4, 0.5) is 0 Å². The van der Waals surface area contributed by atoms with Gasteiger partial charge < -0.3 is 19.7 Å². The molecule has 0 aliphatic carbocycles. The Bertz CT molecular complexity index is 563. The van der Waals surface area contributed by atoms with E-state index in [1.165, 1.54) is 0 Å². The van der Waals surface area contributed by atoms with Crippen molar-refractivity contribution >= 4 is 5.91 Å². The van der Waals surface area contributed by atoms with Crippen molar-refractivity contribution < 1.29 is 14.6 Å². The van der Waals surface area contributed by atoms with Crippen LogP contribution in [-0.2, 0) is 11.8 Å². The van der Waals surface area contributed by atoms with Gasteiger partial charge >= 0.3 is 0 Å². The number of carbonyl (C=O) groups is 1. The summed E-state index contributed by atoms with van der Waals surface area (Å²) in [7, 11) is 1.80. The summed E-state index contributed by atoms with van der Waals surface area (Å²) in [5, 5.41) is 15.6. The largest absolute Gasteiger partial charge is 0.394 e. The molecule has 114 valence electrons. The van der Waals surface area contributed by atoms with Gasteiger partial charge in [-0.1, -0.05) is 0 Å². The first-order chi connectivity index (χ1) is 10.2. The van der Waals surface area contributed by atoms with Gasteiger partial charge in [0.1, 0.15) is 11.4 Å². The first-order valence-corrected chi connectivity index (χ1v) is 6.86. The van der Waals surface area contributed by atoms with Gasteiger partial charge in [-0.15, -0.1) is 0 Å². The third kappa shape index (κ3) is 3.93. The summed E-state index contributed by atoms with van der Waals surface area (Å²) in [6.07, 6.45) is 6.00. The van der Waals surface area contributed by atoms with Crippen molar-refractivity contribution in [3.8, 4) is 5.82 Å². The number of rotatable bonds is 8. The van der Waals surface area contributed by atoms with Crippen LogP contribution in [0.15, 0.2) is 30.7 Å². The number of aryl methyl sites for hydroxylation is 1. The van der Waals surface area contributed by atoms with Gasteiger partial charge in [0.2, 0.25) is 0 Å². The third-order valence-corrected chi connectivity index (χ3v) is 2.99. The minimum atomic E-state index is -0.158. The molecule has 0 radical (unpaired) electrons. The second-order valence-corrected chi connectivity index (χ2v) is 4.54. The van der Waals surface area contributed by atoms with E-state index < -0.39 is 0 Å². The monoisotopic (exact) mass is 292 g/mol. The van der Waals surface area contributed by atoms with Crippen molar-refractivity contribution in [2.45, 2.75) is 6.42 Å². The van der Waals surface area contributed by atoms with Gasteiger partial charge in [0, 0.05) is 32.6 Å². The smallest absolute Gasteiger partial charge is 0.256 e. The highest BCUT2D eigenvalue weighted by Gasteiger charge is 2.16. The van der Waals surface area contributed by atoms with Crippen molar-refractivity contribution in [3.05, 3.63) is 36.3 Å². The van der Waals surface area contributed by atoms with Crippen molar-refractivity contribution in [1.29, 1.82) is 0 Å². The average Bonchev–Trinajstić information content (AvgIpc) is 3.11. The second-order valence-electron chi connectivity index (χ2n) is 4.54. The number of hydrogen-bond acceptors (Lipinski definition) is 4. The number of hydrogen-bond donors (Lipinski definition) is 2. The number of ether oxygens (including phenoxy) is 1. The summed E-state index contributed by atoms with van der Waals surface area (Å²) in [4.78, 5) is 12.2. The Kier molecular flexibility index (Phi) is 5.53. The van der Waals surface area contributed by atoms with Crippen LogP contribution in [0.3, 0.4) is 0 Å². The first-order valence-electron chi connectivity index (χ1n) is 6.86. The number of aromatic nitrogens is 3. The van der Waals surface area contributed by atoms with Crippen molar-refractivity contribution in [1.82, 2.24) is 19.7 Å². The highest BCUT2D eigenvalue weighted by molar-refractivity contribution is 5.97. The van der Waals surface area contributed by atoms with Crippen LogP contribution in [0.1, 0.15) is 16.8 Å². The van der Waals surface area contributed by atoms with Gasteiger partial charge in [0.25, 0.3) is 5.91 Å². The van der Waals surface area contributed by atoms with E-state index in [0.29, 0.717) is 31.7 Å². The fourth-order valence-electron chi connectivity index (χ4n) is 2.01. The maximum atomic E-state index is 12.2. The van der Waals surface area contributed by atoms with E-state index in [1.54, 1.807) is 17.9 Å². The van der Waals surface area contributed by atoms with E-state index in [-0.39, 0.29) is 12.5 Å². The minimum absolute atomic E-state index is 0.0161. The molecule has 0 atom stereocenters. The number of aliphatic hydroxyl groups excluding tert-OH is 1. The van der Waals surface area contributed by atoms with E-state index in [4.69, 9.17) is 9.84 Å². The molecule has 0 aromatic carbocycles. The van der Waals surface area contributed by atoms with E-state index in [2.05, 4.69) is 10.4 Å². The molecule has 0 saturated carbocycles. The molecular weight excluding hydrogens is 272 g/mol. The van der Waals surface area contributed by atoms with Crippen molar-refractivity contribution in [3.63, 3.8) is 0 Å². The lowest BCUT2D eigenvalue weighted by atomic mass is 10.3. The minimum Gasteiger partial charge on any atom is -0.394 e. The lowest BCUT2D eigenvalue weighted by Crippen LogP contribution is -2.26. The maximum absolute atomic E-state index is 12.2. The molecule has 2 aromatic rings. The molecule has 0 fully saturated rings. The summed E-state index contributed by atoms with van der Waals surface area (Å²) in [5.41, 5.74) is 0.532. The highest BCUT2D eigenvalue weighted by Crippen LogP contribution is 2.13. The quantitative estimate of drug-likeness (QED) is 0.687. The van der Waals surface area contributed by atoms with Crippen LogP contribution in [0, 0.1) is 0 Å². The van der Waals surface area contributed by atoms with Crippen LogP contribution in [-0.4, -0.2) is 51.7 Å². The molecule has 0 aliphatic heterocycles. The second kappa shape index (κ2) is 7.61. The molecule has 0 spiro atoms. The first kappa shape index (κ1) is 15.3. The third-order valence-electron chi connectivity index (χ3n) is 2.99. The standard InChI is InChI=1S/C14H20N4O3/c1-17-14(18-6-2-3-7-18)12(11-16-17)13(20)15-5-4-9-21-10-8-19/h2-3,6-7,11,19H,4-5,8-10H2,1H3,(H,15,20). The Morgan fingerprint density at radius 2 is 2.14 bits per heavy atom. The van der Waals surface area contributed by atoms with Crippen molar-refractivity contribution in [2.24, 2.45) is 7.05 Å². The summed E-state index contributed by atoms with van der Waals surface area (Å²) in [6, 6.07) is 3.79. The Morgan fingerprint density at radius 1 is 1.38 bits per heavy atom. The average molecular weight is 292 g/mol. The number of carbonyl (C=O) groups excluding carboxylic acids is 1. The molecule has 0 unspecified atom stereocenters. The van der Waals surface area contributed by atoms with E-state index in [0.717, 1.165) is 5.82 Å². The molecule has 7 nitrogen and oxygen atoms in total. The molecule has 1 amide bonds. The molecule has 2 rings (SSSR count). The van der Waals surface area contributed by atoms with Crippen LogP contribution in [0.25, 0.3) is 5.82 Å². The molecule has 7 heteroatoms. The Balaban J connectivity index is 1.91. The Labute approximate surface area is 123 Å². The summed E-state index contributed by atoms with van der Waals surface area (Å²) in [6.45, 7) is 1.37. The summed E-state index contributed by atoms with van der Waals surface area (Å²) < 4.78 is 8.65. The van der Waals surface area contributed by atoms with Gasteiger partial charge in [0.05, 0.1) is 19.4 Å². The molecule has 2 heterocycles. The zero-order valence-electron chi connectivity index (χ0n) is 12.0. The van der Waals surface area contributed by atoms with Crippen LogP contribution in [0.5, 0.6) is 0 Å². The highest BCUT2D eigenvalue weighted by atomic mass is 16.5. The van der Waals surface area contributed by atoms with Gasteiger partial charge in [-0.05, 0) is 18.6 Å². The van der Waals surface area contributed by atoms with Crippen LogP contribution in [0.2, 0.25) is 0 Å². The van der Waals surface area contributed by atoms with Gasteiger partial charge in [0.15, 0.2) is 0 Å². The number of amides is 1. The molecule has 2 aromatic heterocycles. The number of nitrogens with one attached hydrogen (secondary N) is 1. The molecular formula is C14H20N4O3. The lowest BCUT2D eigenvalue weighted by Gasteiger charge is -2.08. The molecule has 2 N–H and O–H groups in total. The lowest BCUT2D eigenvalue weighted by molar-refractivity contribution is 0.0867. The van der Waals surface area contributed by atoms with Gasteiger partial charge in [-0.2, -0.15) is 5.10 Å². The van der Waals surface area contributed by atoms with Gasteiger partial charge in [-0.3, -0.25) is 9.48 Å². The van der Waals surface area contributed by atoms with E-state index >= 15 is 0 Å². The zero-order valence-corrected chi connectivity index (χ0v) is 12.0. The molecule has 0 aliphatic rings. The Hall–Kier alpha value is -2.12. The predicted molar refractivity (Wildman–Crippen MR) is 77.4 cm³/mol. The SMILES string of the molecule is Cn1ncc(C(=O)NCCCOCCO)c1-n1cccc1.